The molecule has 4 rings (SSSR count). The summed E-state index contributed by atoms with van der Waals surface area (Å²) >= 11 is 0. The van der Waals surface area contributed by atoms with Crippen molar-refractivity contribution >= 4 is 22.7 Å². The molecule has 2 heterocycles. The van der Waals surface area contributed by atoms with Gasteiger partial charge in [0.05, 0.1) is 30.5 Å². The molecule has 1 saturated heterocycles. The van der Waals surface area contributed by atoms with Gasteiger partial charge in [-0.25, -0.2) is 5.48 Å². The molecule has 184 valence electrons. The van der Waals surface area contributed by atoms with E-state index in [1.54, 1.807) is 5.48 Å². The summed E-state index contributed by atoms with van der Waals surface area (Å²) < 4.78 is 5.96. The number of benzene rings is 2. The van der Waals surface area contributed by atoms with Gasteiger partial charge < -0.3 is 15.4 Å². The number of rotatable bonds is 9. The first-order chi connectivity index (χ1) is 17.0. The van der Waals surface area contributed by atoms with Gasteiger partial charge in [0.25, 0.3) is 0 Å². The Kier molecular flexibility index (Phi) is 7.94. The first kappa shape index (κ1) is 24.6. The zero-order valence-electron chi connectivity index (χ0n) is 20.0. The number of piperidine rings is 1. The minimum absolute atomic E-state index is 0.0516. The molecule has 0 atom stereocenters. The molecule has 8 heteroatoms. The number of hydrogen-bond donors (Lipinski definition) is 4. The van der Waals surface area contributed by atoms with Crippen LogP contribution >= 0.6 is 0 Å². The molecule has 8 nitrogen and oxygen atoms in total. The maximum absolute atomic E-state index is 12.7. The summed E-state index contributed by atoms with van der Waals surface area (Å²) in [6.07, 6.45) is 2.29. The van der Waals surface area contributed by atoms with Crippen molar-refractivity contribution in [1.29, 1.82) is 0 Å². The van der Waals surface area contributed by atoms with Crippen LogP contribution in [0.5, 0.6) is 5.75 Å². The maximum Gasteiger partial charge on any atom is 0.245 e. The lowest BCUT2D eigenvalue weighted by molar-refractivity contribution is -0.132. The Bertz CT molecular complexity index is 1170. The third kappa shape index (κ3) is 6.55. The lowest BCUT2D eigenvalue weighted by atomic mass is 9.84. The van der Waals surface area contributed by atoms with Gasteiger partial charge in [0, 0.05) is 17.5 Å². The van der Waals surface area contributed by atoms with Crippen LogP contribution in [0.3, 0.4) is 0 Å². The number of nitrogens with zero attached hydrogens (tertiary/aromatic N) is 1. The van der Waals surface area contributed by atoms with Gasteiger partial charge in [-0.1, -0.05) is 30.3 Å². The molecule has 4 N–H and O–H groups in total. The van der Waals surface area contributed by atoms with Crippen molar-refractivity contribution in [2.45, 2.75) is 44.6 Å². The Hall–Kier alpha value is -3.49. The van der Waals surface area contributed by atoms with Crippen molar-refractivity contribution in [3.8, 4) is 5.75 Å². The van der Waals surface area contributed by atoms with Crippen molar-refractivity contribution in [3.05, 3.63) is 71.4 Å². The van der Waals surface area contributed by atoms with Gasteiger partial charge in [-0.3, -0.25) is 19.8 Å². The Morgan fingerprint density at radius 2 is 1.83 bits per heavy atom. The molecule has 0 spiro atoms. The van der Waals surface area contributed by atoms with Crippen LogP contribution in [0.1, 0.15) is 36.1 Å². The minimum atomic E-state index is -0.645. The number of hydrogen-bond acceptors (Lipinski definition) is 6. The fourth-order valence-corrected chi connectivity index (χ4v) is 4.71. The molecule has 1 aliphatic heterocycles. The topological polar surface area (TPSA) is 113 Å². The van der Waals surface area contributed by atoms with Gasteiger partial charge in [0.15, 0.2) is 0 Å². The zero-order chi connectivity index (χ0) is 24.7. The molecule has 0 saturated carbocycles. The van der Waals surface area contributed by atoms with E-state index in [1.807, 2.05) is 49.4 Å². The second-order valence-electron chi connectivity index (χ2n) is 9.15. The Morgan fingerprint density at radius 1 is 1.09 bits per heavy atom. The number of aryl methyl sites for hydroxylation is 1. The van der Waals surface area contributed by atoms with E-state index in [0.29, 0.717) is 32.5 Å². The Morgan fingerprint density at radius 3 is 2.57 bits per heavy atom. The predicted molar refractivity (Wildman–Crippen MR) is 133 cm³/mol. The van der Waals surface area contributed by atoms with Crippen molar-refractivity contribution in [2.24, 2.45) is 0 Å². The average molecular weight is 477 g/mol. The molecule has 2 aromatic carbocycles. The van der Waals surface area contributed by atoms with Crippen LogP contribution < -0.4 is 20.9 Å². The molecule has 0 unspecified atom stereocenters. The van der Waals surface area contributed by atoms with Crippen LogP contribution in [-0.2, 0) is 22.4 Å². The standard InChI is InChI=1S/C27H32N4O4/c1-19-16-21(23-4-2-3-5-24(23)29-19)10-15-35-22-8-6-20(7-9-22)17-25(32)30-27(18-26(33)31-34)11-13-28-14-12-27/h2-9,16,28,34H,10-15,17-18H2,1H3,(H,30,32)(H,31,33). The molecule has 0 bridgehead atoms. The molecule has 0 aliphatic carbocycles. The number of fused-ring (bicyclic) bond motifs is 1. The minimum Gasteiger partial charge on any atom is -0.493 e. The van der Waals surface area contributed by atoms with E-state index in [0.717, 1.165) is 34.3 Å². The van der Waals surface area contributed by atoms with Crippen LogP contribution in [-0.4, -0.2) is 47.2 Å². The summed E-state index contributed by atoms with van der Waals surface area (Å²) in [5.74, 6) is 0.105. The maximum atomic E-state index is 12.7. The average Bonchev–Trinajstić information content (AvgIpc) is 2.85. The molecule has 1 aliphatic rings. The van der Waals surface area contributed by atoms with E-state index >= 15 is 0 Å². The second-order valence-corrected chi connectivity index (χ2v) is 9.15. The SMILES string of the molecule is Cc1cc(CCOc2ccc(CC(=O)NC3(CC(=O)NO)CCNCC3)cc2)c2ccccc2n1. The molecular formula is C27H32N4O4. The lowest BCUT2D eigenvalue weighted by Gasteiger charge is -2.37. The van der Waals surface area contributed by atoms with E-state index in [4.69, 9.17) is 9.94 Å². The summed E-state index contributed by atoms with van der Waals surface area (Å²) in [4.78, 5) is 29.1. The molecular weight excluding hydrogens is 444 g/mol. The van der Waals surface area contributed by atoms with E-state index in [9.17, 15) is 9.59 Å². The van der Waals surface area contributed by atoms with Crippen LogP contribution in [0.2, 0.25) is 0 Å². The summed E-state index contributed by atoms with van der Waals surface area (Å²) in [7, 11) is 0. The normalized spacial score (nSPS) is 14.9. The number of hydroxylamine groups is 1. The van der Waals surface area contributed by atoms with Crippen molar-refractivity contribution < 1.29 is 19.5 Å². The lowest BCUT2D eigenvalue weighted by Crippen LogP contribution is -2.56. The van der Waals surface area contributed by atoms with Crippen molar-refractivity contribution in [1.82, 2.24) is 21.1 Å². The molecule has 1 aromatic heterocycles. The van der Waals surface area contributed by atoms with Crippen LogP contribution in [0.4, 0.5) is 0 Å². The van der Waals surface area contributed by atoms with Crippen LogP contribution in [0, 0.1) is 6.92 Å². The molecule has 3 aromatic rings. The highest BCUT2D eigenvalue weighted by Crippen LogP contribution is 2.23. The second kappa shape index (κ2) is 11.3. The molecule has 35 heavy (non-hydrogen) atoms. The molecule has 1 fully saturated rings. The zero-order valence-corrected chi connectivity index (χ0v) is 20.0. The third-order valence-corrected chi connectivity index (χ3v) is 6.45. The first-order valence-corrected chi connectivity index (χ1v) is 12.0. The highest BCUT2D eigenvalue weighted by molar-refractivity contribution is 5.83. The number of carbonyl (C=O) groups is 2. The van der Waals surface area contributed by atoms with Gasteiger partial charge in [-0.15, -0.1) is 0 Å². The number of para-hydroxylation sites is 1. The predicted octanol–water partition coefficient (Wildman–Crippen LogP) is 2.84. The summed E-state index contributed by atoms with van der Waals surface area (Å²) in [6.45, 7) is 3.95. The fraction of sp³-hybridized carbons (Fsp3) is 0.370. The number of pyridine rings is 1. The smallest absolute Gasteiger partial charge is 0.245 e. The van der Waals surface area contributed by atoms with E-state index in [1.165, 1.54) is 5.56 Å². The first-order valence-electron chi connectivity index (χ1n) is 12.0. The summed E-state index contributed by atoms with van der Waals surface area (Å²) in [5.41, 5.74) is 5.09. The highest BCUT2D eigenvalue weighted by Gasteiger charge is 2.35. The third-order valence-electron chi connectivity index (χ3n) is 6.45. The summed E-state index contributed by atoms with van der Waals surface area (Å²) in [5, 5.41) is 16.3. The number of nitrogens with one attached hydrogen (secondary N) is 3. The Balaban J connectivity index is 1.31. The van der Waals surface area contributed by atoms with Crippen LogP contribution in [0.15, 0.2) is 54.6 Å². The van der Waals surface area contributed by atoms with E-state index < -0.39 is 11.4 Å². The summed E-state index contributed by atoms with van der Waals surface area (Å²) in [6, 6.07) is 17.7. The van der Waals surface area contributed by atoms with E-state index in [2.05, 4.69) is 27.8 Å². The van der Waals surface area contributed by atoms with Crippen LogP contribution in [0.25, 0.3) is 10.9 Å². The highest BCUT2D eigenvalue weighted by atomic mass is 16.5. The van der Waals surface area contributed by atoms with Gasteiger partial charge >= 0.3 is 0 Å². The fourth-order valence-electron chi connectivity index (χ4n) is 4.71. The largest absolute Gasteiger partial charge is 0.493 e. The van der Waals surface area contributed by atoms with Gasteiger partial charge in [-0.05, 0) is 68.2 Å². The number of amides is 2. The van der Waals surface area contributed by atoms with Crippen molar-refractivity contribution in [3.63, 3.8) is 0 Å². The quantitative estimate of drug-likeness (QED) is 0.279. The number of aromatic nitrogens is 1. The monoisotopic (exact) mass is 476 g/mol. The van der Waals surface area contributed by atoms with Gasteiger partial charge in [0.1, 0.15) is 5.75 Å². The Labute approximate surface area is 205 Å². The van der Waals surface area contributed by atoms with Gasteiger partial charge in [0.2, 0.25) is 11.8 Å². The molecule has 2 amide bonds. The van der Waals surface area contributed by atoms with E-state index in [-0.39, 0.29) is 18.7 Å². The number of carbonyl (C=O) groups excluding carboxylic acids is 2. The van der Waals surface area contributed by atoms with Gasteiger partial charge in [-0.2, -0.15) is 0 Å². The van der Waals surface area contributed by atoms with Crippen molar-refractivity contribution in [2.75, 3.05) is 19.7 Å². The number of ether oxygens (including phenoxy) is 1. The molecule has 0 radical (unpaired) electrons.